The molecule has 0 aromatic heterocycles. The molecule has 2 rings (SSSR count). The highest BCUT2D eigenvalue weighted by Gasteiger charge is 2.13. The summed E-state index contributed by atoms with van der Waals surface area (Å²) in [6.07, 6.45) is 0. The van der Waals surface area contributed by atoms with E-state index in [0.717, 1.165) is 36.4 Å². The van der Waals surface area contributed by atoms with E-state index in [2.05, 4.69) is 29.2 Å². The largest absolute Gasteiger partial charge is 0.378 e. The Labute approximate surface area is 106 Å². The van der Waals surface area contributed by atoms with Gasteiger partial charge in [0, 0.05) is 18.8 Å². The van der Waals surface area contributed by atoms with Crippen molar-refractivity contribution in [3.63, 3.8) is 0 Å². The Kier molecular flexibility index (Phi) is 4.63. The van der Waals surface area contributed by atoms with Crippen LogP contribution in [0.2, 0.25) is 0 Å². The van der Waals surface area contributed by atoms with E-state index in [9.17, 15) is 0 Å². The lowest BCUT2D eigenvalue weighted by Crippen LogP contribution is -2.38. The fraction of sp³-hybridized carbons (Fsp3) is 0.417. The van der Waals surface area contributed by atoms with Crippen LogP contribution in [0.1, 0.15) is 5.56 Å². The zero-order chi connectivity index (χ0) is 11.2. The van der Waals surface area contributed by atoms with Crippen molar-refractivity contribution in [2.75, 3.05) is 26.3 Å². The maximum atomic E-state index is 5.41. The minimum Gasteiger partial charge on any atom is -0.378 e. The van der Waals surface area contributed by atoms with E-state index in [-0.39, 0.29) is 0 Å². The van der Waals surface area contributed by atoms with Gasteiger partial charge >= 0.3 is 0 Å². The van der Waals surface area contributed by atoms with E-state index in [1.807, 2.05) is 6.07 Å². The monoisotopic (exact) mass is 253 g/mol. The van der Waals surface area contributed by atoms with E-state index < -0.39 is 0 Å². The van der Waals surface area contributed by atoms with Crippen LogP contribution < -0.4 is 0 Å². The molecular formula is C12H15NOS2. The third kappa shape index (κ3) is 3.47. The molecule has 0 aliphatic carbocycles. The van der Waals surface area contributed by atoms with Crippen LogP contribution in [0, 0.1) is 0 Å². The topological polar surface area (TPSA) is 12.5 Å². The molecule has 0 spiro atoms. The van der Waals surface area contributed by atoms with Crippen LogP contribution >= 0.6 is 24.0 Å². The van der Waals surface area contributed by atoms with Crippen LogP contribution in [0.4, 0.5) is 0 Å². The maximum absolute atomic E-state index is 5.41. The van der Waals surface area contributed by atoms with Crippen LogP contribution in [-0.4, -0.2) is 35.5 Å². The molecule has 0 amide bonds. The number of rotatable bonds is 2. The lowest BCUT2D eigenvalue weighted by molar-refractivity contribution is 0.0702. The third-order valence-electron chi connectivity index (χ3n) is 2.47. The van der Waals surface area contributed by atoms with Gasteiger partial charge in [-0.25, -0.2) is 0 Å². The number of thioether (sulfide) groups is 1. The first kappa shape index (κ1) is 11.9. The van der Waals surface area contributed by atoms with E-state index in [1.165, 1.54) is 5.56 Å². The summed E-state index contributed by atoms with van der Waals surface area (Å²) in [6.45, 7) is 3.46. The molecule has 1 aromatic rings. The number of hydrogen-bond acceptors (Lipinski definition) is 3. The number of hydrogen-bond donors (Lipinski definition) is 0. The average Bonchev–Trinajstić information content (AvgIpc) is 2.38. The summed E-state index contributed by atoms with van der Waals surface area (Å²) in [5.41, 5.74) is 1.32. The predicted octanol–water partition coefficient (Wildman–Crippen LogP) is 2.54. The molecule has 0 radical (unpaired) electrons. The Morgan fingerprint density at radius 2 is 1.94 bits per heavy atom. The molecule has 1 heterocycles. The molecule has 1 aliphatic rings. The summed E-state index contributed by atoms with van der Waals surface area (Å²) in [5.74, 6) is 0.955. The van der Waals surface area contributed by atoms with E-state index >= 15 is 0 Å². The second-order valence-electron chi connectivity index (χ2n) is 3.64. The fourth-order valence-electron chi connectivity index (χ4n) is 1.56. The van der Waals surface area contributed by atoms with Crippen molar-refractivity contribution in [3.8, 4) is 0 Å². The molecule has 86 valence electrons. The Bertz CT molecular complexity index is 336. The van der Waals surface area contributed by atoms with E-state index in [0.29, 0.717) is 0 Å². The third-order valence-corrected chi connectivity index (χ3v) is 4.07. The minimum absolute atomic E-state index is 0.798. The zero-order valence-corrected chi connectivity index (χ0v) is 10.7. The van der Waals surface area contributed by atoms with Crippen LogP contribution in [0.15, 0.2) is 30.3 Å². The predicted molar refractivity (Wildman–Crippen MR) is 72.7 cm³/mol. The number of morpholine rings is 1. The van der Waals surface area contributed by atoms with Gasteiger partial charge in [0.2, 0.25) is 0 Å². The van der Waals surface area contributed by atoms with Gasteiger partial charge in [-0.3, -0.25) is 0 Å². The van der Waals surface area contributed by atoms with Crippen molar-refractivity contribution in [2.24, 2.45) is 0 Å². The summed E-state index contributed by atoms with van der Waals surface area (Å²) >= 11 is 7.14. The average molecular weight is 253 g/mol. The Morgan fingerprint density at radius 3 is 2.62 bits per heavy atom. The molecule has 0 saturated carbocycles. The highest BCUT2D eigenvalue weighted by atomic mass is 32.2. The number of benzene rings is 1. The van der Waals surface area contributed by atoms with Crippen molar-refractivity contribution in [2.45, 2.75) is 5.75 Å². The summed E-state index contributed by atoms with van der Waals surface area (Å²) in [6, 6.07) is 10.4. The van der Waals surface area contributed by atoms with Crippen molar-refractivity contribution in [1.82, 2.24) is 4.90 Å². The second kappa shape index (κ2) is 6.23. The quantitative estimate of drug-likeness (QED) is 0.751. The molecule has 0 N–H and O–H groups in total. The second-order valence-corrected chi connectivity index (χ2v) is 5.25. The van der Waals surface area contributed by atoms with Crippen LogP contribution in [0.5, 0.6) is 0 Å². The van der Waals surface area contributed by atoms with Gasteiger partial charge in [-0.15, -0.1) is 0 Å². The molecule has 1 fully saturated rings. The summed E-state index contributed by atoms with van der Waals surface area (Å²) in [4.78, 5) is 2.23. The Hall–Kier alpha value is -0.580. The summed E-state index contributed by atoms with van der Waals surface area (Å²) < 4.78 is 6.29. The van der Waals surface area contributed by atoms with Gasteiger partial charge in [0.15, 0.2) is 0 Å². The minimum atomic E-state index is 0.798. The summed E-state index contributed by atoms with van der Waals surface area (Å²) in [7, 11) is 0. The first-order valence-electron chi connectivity index (χ1n) is 5.39. The number of ether oxygens (including phenoxy) is 1. The van der Waals surface area contributed by atoms with Crippen molar-refractivity contribution in [3.05, 3.63) is 35.9 Å². The smallest absolute Gasteiger partial charge is 0.136 e. The van der Waals surface area contributed by atoms with Crippen molar-refractivity contribution < 1.29 is 4.74 Å². The van der Waals surface area contributed by atoms with Crippen molar-refractivity contribution >= 4 is 28.3 Å². The van der Waals surface area contributed by atoms with Gasteiger partial charge in [-0.05, 0) is 5.56 Å². The molecule has 1 aliphatic heterocycles. The molecule has 1 aromatic carbocycles. The van der Waals surface area contributed by atoms with E-state index in [4.69, 9.17) is 17.0 Å². The maximum Gasteiger partial charge on any atom is 0.136 e. The van der Waals surface area contributed by atoms with Gasteiger partial charge in [0.05, 0.1) is 13.2 Å². The van der Waals surface area contributed by atoms with Gasteiger partial charge in [0.25, 0.3) is 0 Å². The molecule has 0 atom stereocenters. The van der Waals surface area contributed by atoms with Gasteiger partial charge < -0.3 is 9.64 Å². The SMILES string of the molecule is S=C(SCc1ccccc1)N1CCOCC1. The van der Waals surface area contributed by atoms with Gasteiger partial charge in [0.1, 0.15) is 4.32 Å². The highest BCUT2D eigenvalue weighted by Crippen LogP contribution is 2.17. The first-order chi connectivity index (χ1) is 7.86. The van der Waals surface area contributed by atoms with Crippen LogP contribution in [0.3, 0.4) is 0 Å². The highest BCUT2D eigenvalue weighted by molar-refractivity contribution is 8.22. The fourth-order valence-corrected chi connectivity index (χ4v) is 2.76. The van der Waals surface area contributed by atoms with Gasteiger partial charge in [-0.1, -0.05) is 54.3 Å². The standard InChI is InChI=1S/C12H15NOS2/c15-12(13-6-8-14-9-7-13)16-10-11-4-2-1-3-5-11/h1-5H,6-10H2. The lowest BCUT2D eigenvalue weighted by Gasteiger charge is -2.28. The zero-order valence-electron chi connectivity index (χ0n) is 9.09. The molecule has 2 nitrogen and oxygen atoms in total. The Balaban J connectivity index is 1.79. The van der Waals surface area contributed by atoms with Crippen molar-refractivity contribution in [1.29, 1.82) is 0 Å². The molecule has 0 bridgehead atoms. The van der Waals surface area contributed by atoms with Crippen LogP contribution in [-0.2, 0) is 10.5 Å². The lowest BCUT2D eigenvalue weighted by atomic mass is 10.2. The van der Waals surface area contributed by atoms with Gasteiger partial charge in [-0.2, -0.15) is 0 Å². The number of nitrogens with zero attached hydrogens (tertiary/aromatic N) is 1. The summed E-state index contributed by atoms with van der Waals surface area (Å²) in [5, 5.41) is 0. The number of thiocarbonyl (C=S) groups is 1. The normalized spacial score (nSPS) is 16.1. The van der Waals surface area contributed by atoms with E-state index in [1.54, 1.807) is 11.8 Å². The van der Waals surface area contributed by atoms with Crippen LogP contribution in [0.25, 0.3) is 0 Å². The molecule has 4 heteroatoms. The molecular weight excluding hydrogens is 238 g/mol. The Morgan fingerprint density at radius 1 is 1.25 bits per heavy atom. The first-order valence-corrected chi connectivity index (χ1v) is 6.79. The molecule has 16 heavy (non-hydrogen) atoms. The molecule has 1 saturated heterocycles. The molecule has 0 unspecified atom stereocenters.